The predicted octanol–water partition coefficient (Wildman–Crippen LogP) is -0.900. The van der Waals surface area contributed by atoms with Gasteiger partial charge in [0.25, 0.3) is 5.56 Å². The molecule has 0 saturated carbocycles. The average molecular weight is 437 g/mol. The molecule has 30 heavy (non-hydrogen) atoms. The van der Waals surface area contributed by atoms with Crippen LogP contribution in [0.5, 0.6) is 0 Å². The molecule has 1 amide bonds. The molecule has 2 saturated heterocycles. The predicted molar refractivity (Wildman–Crippen MR) is 115 cm³/mol. The molecule has 4 heterocycles. The van der Waals surface area contributed by atoms with Crippen molar-refractivity contribution in [3.8, 4) is 0 Å². The summed E-state index contributed by atoms with van der Waals surface area (Å²) in [6.07, 6.45) is 2.43. The number of amides is 1. The summed E-state index contributed by atoms with van der Waals surface area (Å²) < 4.78 is 9.40. The summed E-state index contributed by atoms with van der Waals surface area (Å²) in [5.74, 6) is 1.93. The molecule has 0 aromatic carbocycles. The largest absolute Gasteiger partial charge is 0.379 e. The SMILES string of the molecule is Cn1c(=O)c2c(ncn2CC(=O)N2CCCSCC2CN2CCOCC2)n(C)c1=O. The van der Waals surface area contributed by atoms with Gasteiger partial charge in [-0.1, -0.05) is 0 Å². The fourth-order valence-corrected chi connectivity index (χ4v) is 5.20. The number of hydrogen-bond acceptors (Lipinski definition) is 7. The van der Waals surface area contributed by atoms with E-state index in [-0.39, 0.29) is 24.0 Å². The fraction of sp³-hybridized carbons (Fsp3) is 0.684. The van der Waals surface area contributed by atoms with E-state index in [0.717, 1.165) is 55.3 Å². The first-order valence-electron chi connectivity index (χ1n) is 10.3. The number of aromatic nitrogens is 4. The molecule has 2 aromatic rings. The van der Waals surface area contributed by atoms with E-state index < -0.39 is 11.2 Å². The third-order valence-corrected chi connectivity index (χ3v) is 7.05. The molecule has 0 N–H and O–H groups in total. The second-order valence-electron chi connectivity index (χ2n) is 7.83. The summed E-state index contributed by atoms with van der Waals surface area (Å²) in [4.78, 5) is 46.7. The Kier molecular flexibility index (Phi) is 6.30. The van der Waals surface area contributed by atoms with E-state index >= 15 is 0 Å². The van der Waals surface area contributed by atoms with E-state index in [1.807, 2.05) is 16.7 Å². The zero-order chi connectivity index (χ0) is 21.3. The Morgan fingerprint density at radius 1 is 1.20 bits per heavy atom. The van der Waals surface area contributed by atoms with E-state index in [9.17, 15) is 14.4 Å². The summed E-state index contributed by atoms with van der Waals surface area (Å²) in [5.41, 5.74) is -0.289. The highest BCUT2D eigenvalue weighted by Crippen LogP contribution is 2.19. The normalized spacial score (nSPS) is 21.1. The number of nitrogens with zero attached hydrogens (tertiary/aromatic N) is 6. The summed E-state index contributed by atoms with van der Waals surface area (Å²) in [6, 6.07) is 0.130. The molecular weight excluding hydrogens is 408 g/mol. The van der Waals surface area contributed by atoms with Gasteiger partial charge < -0.3 is 14.2 Å². The van der Waals surface area contributed by atoms with Crippen molar-refractivity contribution in [2.75, 3.05) is 50.9 Å². The first kappa shape index (κ1) is 21.1. The summed E-state index contributed by atoms with van der Waals surface area (Å²) in [5, 5.41) is 0. The average Bonchev–Trinajstić information content (AvgIpc) is 3.02. The van der Waals surface area contributed by atoms with E-state index in [1.54, 1.807) is 11.6 Å². The summed E-state index contributed by atoms with van der Waals surface area (Å²) in [7, 11) is 3.02. The molecule has 11 heteroatoms. The van der Waals surface area contributed by atoms with Gasteiger partial charge in [-0.25, -0.2) is 9.78 Å². The maximum Gasteiger partial charge on any atom is 0.332 e. The fourth-order valence-electron chi connectivity index (χ4n) is 4.14. The second kappa shape index (κ2) is 8.94. The lowest BCUT2D eigenvalue weighted by atomic mass is 10.2. The van der Waals surface area contributed by atoms with Crippen LogP contribution >= 0.6 is 11.8 Å². The van der Waals surface area contributed by atoms with E-state index in [4.69, 9.17) is 4.74 Å². The van der Waals surface area contributed by atoms with Crippen molar-refractivity contribution in [1.82, 2.24) is 28.5 Å². The van der Waals surface area contributed by atoms with Crippen LogP contribution in [0.2, 0.25) is 0 Å². The number of morpholine rings is 1. The van der Waals surface area contributed by atoms with E-state index in [0.29, 0.717) is 12.2 Å². The molecule has 0 aliphatic carbocycles. The lowest BCUT2D eigenvalue weighted by molar-refractivity contribution is -0.134. The van der Waals surface area contributed by atoms with Crippen LogP contribution in [0.3, 0.4) is 0 Å². The number of imidazole rings is 1. The molecule has 10 nitrogen and oxygen atoms in total. The summed E-state index contributed by atoms with van der Waals surface area (Å²) in [6.45, 7) is 4.83. The second-order valence-corrected chi connectivity index (χ2v) is 8.98. The number of carbonyl (C=O) groups excluding carboxylic acids is 1. The molecule has 4 rings (SSSR count). The monoisotopic (exact) mass is 436 g/mol. The van der Waals surface area contributed by atoms with Crippen molar-refractivity contribution >= 4 is 28.8 Å². The number of ether oxygens (including phenoxy) is 1. The molecule has 2 aliphatic rings. The first-order valence-corrected chi connectivity index (χ1v) is 11.4. The van der Waals surface area contributed by atoms with Crippen LogP contribution in [0, 0.1) is 0 Å². The third-order valence-electron chi connectivity index (χ3n) is 5.85. The standard InChI is InChI=1S/C19H28N6O4S/c1-21-17-16(18(27)22(2)19(21)28)24(13-20-17)11-15(26)25-4-3-9-30-12-14(25)10-23-5-7-29-8-6-23/h13-14H,3-12H2,1-2H3. The Bertz CT molecular complexity index is 1040. The van der Waals surface area contributed by atoms with Gasteiger partial charge in [-0.15, -0.1) is 0 Å². The lowest BCUT2D eigenvalue weighted by Crippen LogP contribution is -2.51. The van der Waals surface area contributed by atoms with Crippen LogP contribution in [-0.4, -0.2) is 91.3 Å². The topological polar surface area (TPSA) is 94.6 Å². The first-order chi connectivity index (χ1) is 14.5. The Morgan fingerprint density at radius 3 is 2.73 bits per heavy atom. The number of rotatable bonds is 4. The van der Waals surface area contributed by atoms with Crippen LogP contribution in [-0.2, 0) is 30.2 Å². The minimum atomic E-state index is -0.435. The van der Waals surface area contributed by atoms with Crippen LogP contribution in [0.1, 0.15) is 6.42 Å². The van der Waals surface area contributed by atoms with Crippen LogP contribution in [0.15, 0.2) is 15.9 Å². The Hall–Kier alpha value is -2.11. The smallest absolute Gasteiger partial charge is 0.332 e. The third kappa shape index (κ3) is 4.06. The molecule has 0 spiro atoms. The molecule has 1 atom stereocenters. The lowest BCUT2D eigenvalue weighted by Gasteiger charge is -2.35. The minimum absolute atomic E-state index is 0.0223. The molecule has 2 aliphatic heterocycles. The Morgan fingerprint density at radius 2 is 1.97 bits per heavy atom. The maximum absolute atomic E-state index is 13.3. The van der Waals surface area contributed by atoms with Gasteiger partial charge in [-0.2, -0.15) is 11.8 Å². The van der Waals surface area contributed by atoms with Crippen molar-refractivity contribution < 1.29 is 9.53 Å². The molecule has 2 aromatic heterocycles. The van der Waals surface area contributed by atoms with Gasteiger partial charge in [0, 0.05) is 46.0 Å². The highest BCUT2D eigenvalue weighted by molar-refractivity contribution is 7.99. The van der Waals surface area contributed by atoms with Gasteiger partial charge >= 0.3 is 5.69 Å². The molecule has 2 fully saturated rings. The zero-order valence-corrected chi connectivity index (χ0v) is 18.3. The van der Waals surface area contributed by atoms with Gasteiger partial charge in [0.05, 0.1) is 25.6 Å². The quantitative estimate of drug-likeness (QED) is 0.613. The number of fused-ring (bicyclic) bond motifs is 1. The number of carbonyl (C=O) groups is 1. The van der Waals surface area contributed by atoms with Crippen molar-refractivity contribution in [1.29, 1.82) is 0 Å². The molecule has 0 bridgehead atoms. The zero-order valence-electron chi connectivity index (χ0n) is 17.5. The van der Waals surface area contributed by atoms with E-state index in [1.165, 1.54) is 17.9 Å². The van der Waals surface area contributed by atoms with Crippen molar-refractivity contribution in [2.24, 2.45) is 14.1 Å². The van der Waals surface area contributed by atoms with Gasteiger partial charge in [0.15, 0.2) is 11.2 Å². The van der Waals surface area contributed by atoms with Crippen molar-refractivity contribution in [3.63, 3.8) is 0 Å². The molecule has 164 valence electrons. The van der Waals surface area contributed by atoms with Crippen molar-refractivity contribution in [3.05, 3.63) is 27.2 Å². The van der Waals surface area contributed by atoms with Crippen LogP contribution in [0.4, 0.5) is 0 Å². The summed E-state index contributed by atoms with van der Waals surface area (Å²) >= 11 is 1.89. The van der Waals surface area contributed by atoms with Crippen molar-refractivity contribution in [2.45, 2.75) is 19.0 Å². The Balaban J connectivity index is 1.58. The Labute approximate surface area is 178 Å². The number of thioether (sulfide) groups is 1. The van der Waals surface area contributed by atoms with Gasteiger partial charge in [-0.3, -0.25) is 23.6 Å². The van der Waals surface area contributed by atoms with Crippen LogP contribution < -0.4 is 11.2 Å². The molecular formula is C19H28N6O4S. The highest BCUT2D eigenvalue weighted by Gasteiger charge is 2.29. The number of aryl methyl sites for hydroxylation is 1. The van der Waals surface area contributed by atoms with Gasteiger partial charge in [0.1, 0.15) is 6.54 Å². The minimum Gasteiger partial charge on any atom is -0.379 e. The van der Waals surface area contributed by atoms with Gasteiger partial charge in [-0.05, 0) is 12.2 Å². The molecule has 0 radical (unpaired) electrons. The highest BCUT2D eigenvalue weighted by atomic mass is 32.2. The van der Waals surface area contributed by atoms with Gasteiger partial charge in [0.2, 0.25) is 5.91 Å². The number of hydrogen-bond donors (Lipinski definition) is 0. The molecule has 1 unspecified atom stereocenters. The van der Waals surface area contributed by atoms with Crippen LogP contribution in [0.25, 0.3) is 11.2 Å². The van der Waals surface area contributed by atoms with E-state index in [2.05, 4.69) is 9.88 Å². The maximum atomic E-state index is 13.3.